The van der Waals surface area contributed by atoms with Gasteiger partial charge in [0.25, 0.3) is 0 Å². The summed E-state index contributed by atoms with van der Waals surface area (Å²) in [6.45, 7) is 2.58. The van der Waals surface area contributed by atoms with E-state index in [0.717, 1.165) is 31.7 Å². The molecular formula is C13H16FN3. The van der Waals surface area contributed by atoms with E-state index in [-0.39, 0.29) is 11.9 Å². The highest BCUT2D eigenvalue weighted by atomic mass is 19.1. The smallest absolute Gasteiger partial charge is 0.125 e. The molecule has 1 aromatic carbocycles. The first-order valence-corrected chi connectivity index (χ1v) is 5.90. The third kappa shape index (κ3) is 3.18. The van der Waals surface area contributed by atoms with Crippen LogP contribution in [0.1, 0.15) is 12.8 Å². The Bertz CT molecular complexity index is 413. The molecule has 17 heavy (non-hydrogen) atoms. The van der Waals surface area contributed by atoms with Crippen LogP contribution in [0.3, 0.4) is 0 Å². The maximum Gasteiger partial charge on any atom is 0.125 e. The van der Waals surface area contributed by atoms with Gasteiger partial charge in [-0.15, -0.1) is 0 Å². The van der Waals surface area contributed by atoms with Crippen molar-refractivity contribution in [1.29, 1.82) is 5.26 Å². The van der Waals surface area contributed by atoms with Crippen LogP contribution < -0.4 is 10.2 Å². The second-order valence-electron chi connectivity index (χ2n) is 4.29. The standard InChI is InChI=1S/C13H16FN3/c14-11-3-1-4-13(9-11)17-8-2-7-16-12(10-17)5-6-15/h1,3-4,9,12,16H,2,5,7-8,10H2. The highest BCUT2D eigenvalue weighted by Gasteiger charge is 2.17. The molecule has 1 heterocycles. The van der Waals surface area contributed by atoms with Crippen molar-refractivity contribution >= 4 is 5.69 Å². The van der Waals surface area contributed by atoms with Crippen molar-refractivity contribution in [3.8, 4) is 6.07 Å². The van der Waals surface area contributed by atoms with Crippen molar-refractivity contribution in [3.05, 3.63) is 30.1 Å². The molecule has 1 aromatic rings. The van der Waals surface area contributed by atoms with Crippen LogP contribution in [-0.2, 0) is 0 Å². The fourth-order valence-corrected chi connectivity index (χ4v) is 2.15. The van der Waals surface area contributed by atoms with Crippen molar-refractivity contribution in [2.24, 2.45) is 0 Å². The van der Waals surface area contributed by atoms with E-state index in [0.29, 0.717) is 6.42 Å². The number of rotatable bonds is 2. The second-order valence-corrected chi connectivity index (χ2v) is 4.29. The number of hydrogen-bond donors (Lipinski definition) is 1. The quantitative estimate of drug-likeness (QED) is 0.848. The normalized spacial score (nSPS) is 20.7. The number of nitrogens with one attached hydrogen (secondary N) is 1. The molecule has 0 aromatic heterocycles. The van der Waals surface area contributed by atoms with Gasteiger partial charge in [-0.1, -0.05) is 6.07 Å². The molecule has 1 unspecified atom stereocenters. The van der Waals surface area contributed by atoms with Gasteiger partial charge in [-0.2, -0.15) is 5.26 Å². The van der Waals surface area contributed by atoms with Gasteiger partial charge < -0.3 is 10.2 Å². The van der Waals surface area contributed by atoms with Crippen molar-refractivity contribution < 1.29 is 4.39 Å². The summed E-state index contributed by atoms with van der Waals surface area (Å²) < 4.78 is 13.2. The summed E-state index contributed by atoms with van der Waals surface area (Å²) in [6.07, 6.45) is 1.50. The summed E-state index contributed by atoms with van der Waals surface area (Å²) in [5.74, 6) is -0.212. The molecule has 1 aliphatic heterocycles. The van der Waals surface area contributed by atoms with Gasteiger partial charge in [0, 0.05) is 24.8 Å². The highest BCUT2D eigenvalue weighted by Crippen LogP contribution is 2.18. The second kappa shape index (κ2) is 5.65. The van der Waals surface area contributed by atoms with E-state index in [1.54, 1.807) is 12.1 Å². The van der Waals surface area contributed by atoms with Crippen LogP contribution in [0.25, 0.3) is 0 Å². The fourth-order valence-electron chi connectivity index (χ4n) is 2.15. The molecule has 0 bridgehead atoms. The highest BCUT2D eigenvalue weighted by molar-refractivity contribution is 5.46. The molecule has 4 heteroatoms. The van der Waals surface area contributed by atoms with Crippen LogP contribution >= 0.6 is 0 Å². The van der Waals surface area contributed by atoms with Crippen molar-refractivity contribution in [3.63, 3.8) is 0 Å². The molecule has 0 radical (unpaired) electrons. The summed E-state index contributed by atoms with van der Waals surface area (Å²) in [5.41, 5.74) is 0.900. The molecule has 1 aliphatic rings. The van der Waals surface area contributed by atoms with Crippen LogP contribution in [0.5, 0.6) is 0 Å². The minimum Gasteiger partial charge on any atom is -0.370 e. The Hall–Kier alpha value is -1.60. The van der Waals surface area contributed by atoms with Gasteiger partial charge >= 0.3 is 0 Å². The van der Waals surface area contributed by atoms with Gasteiger partial charge in [-0.05, 0) is 31.2 Å². The van der Waals surface area contributed by atoms with Gasteiger partial charge in [0.2, 0.25) is 0 Å². The zero-order valence-corrected chi connectivity index (χ0v) is 9.69. The van der Waals surface area contributed by atoms with Crippen LogP contribution in [-0.4, -0.2) is 25.7 Å². The minimum absolute atomic E-state index is 0.172. The number of nitrogens with zero attached hydrogens (tertiary/aromatic N) is 2. The van der Waals surface area contributed by atoms with Gasteiger partial charge in [0.15, 0.2) is 0 Å². The largest absolute Gasteiger partial charge is 0.370 e. The lowest BCUT2D eigenvalue weighted by molar-refractivity contribution is 0.552. The van der Waals surface area contributed by atoms with E-state index in [4.69, 9.17) is 5.26 Å². The molecule has 90 valence electrons. The number of anilines is 1. The fraction of sp³-hybridized carbons (Fsp3) is 0.462. The Labute approximate surface area is 101 Å². The number of hydrogen-bond acceptors (Lipinski definition) is 3. The zero-order chi connectivity index (χ0) is 12.1. The molecular weight excluding hydrogens is 217 g/mol. The molecule has 0 spiro atoms. The maximum atomic E-state index is 13.2. The zero-order valence-electron chi connectivity index (χ0n) is 9.69. The third-order valence-corrected chi connectivity index (χ3v) is 2.99. The molecule has 0 amide bonds. The average molecular weight is 233 g/mol. The van der Waals surface area contributed by atoms with Gasteiger partial charge in [-0.3, -0.25) is 0 Å². The first kappa shape index (κ1) is 11.9. The monoisotopic (exact) mass is 233 g/mol. The topological polar surface area (TPSA) is 39.1 Å². The Morgan fingerprint density at radius 3 is 3.18 bits per heavy atom. The lowest BCUT2D eigenvalue weighted by Crippen LogP contribution is -2.37. The number of halogens is 1. The van der Waals surface area contributed by atoms with Gasteiger partial charge in [-0.25, -0.2) is 4.39 Å². The van der Waals surface area contributed by atoms with Crippen LogP contribution in [0.2, 0.25) is 0 Å². The molecule has 1 atom stereocenters. The van der Waals surface area contributed by atoms with E-state index >= 15 is 0 Å². The molecule has 1 saturated heterocycles. The molecule has 0 saturated carbocycles. The third-order valence-electron chi connectivity index (χ3n) is 2.99. The molecule has 3 nitrogen and oxygen atoms in total. The maximum absolute atomic E-state index is 13.2. The van der Waals surface area contributed by atoms with Crippen LogP contribution in [0.4, 0.5) is 10.1 Å². The van der Waals surface area contributed by atoms with Crippen molar-refractivity contribution in [2.75, 3.05) is 24.5 Å². The SMILES string of the molecule is N#CCC1CN(c2cccc(F)c2)CCCN1. The number of benzene rings is 1. The lowest BCUT2D eigenvalue weighted by atomic mass is 10.2. The molecule has 0 aliphatic carbocycles. The Morgan fingerprint density at radius 2 is 2.41 bits per heavy atom. The van der Waals surface area contributed by atoms with Gasteiger partial charge in [0.1, 0.15) is 5.82 Å². The van der Waals surface area contributed by atoms with E-state index < -0.39 is 0 Å². The first-order valence-electron chi connectivity index (χ1n) is 5.90. The number of nitriles is 1. The predicted octanol–water partition coefficient (Wildman–Crippen LogP) is 1.91. The van der Waals surface area contributed by atoms with E-state index in [9.17, 15) is 4.39 Å². The van der Waals surface area contributed by atoms with Crippen LogP contribution in [0.15, 0.2) is 24.3 Å². The summed E-state index contributed by atoms with van der Waals surface area (Å²) in [5, 5.41) is 12.1. The Kier molecular flexibility index (Phi) is 3.94. The van der Waals surface area contributed by atoms with E-state index in [1.165, 1.54) is 6.07 Å². The van der Waals surface area contributed by atoms with Crippen LogP contribution in [0, 0.1) is 17.1 Å². The summed E-state index contributed by atoms with van der Waals surface area (Å²) in [4.78, 5) is 2.14. The molecule has 2 rings (SSSR count). The Balaban J connectivity index is 2.11. The minimum atomic E-state index is -0.212. The lowest BCUT2D eigenvalue weighted by Gasteiger charge is -2.25. The summed E-state index contributed by atoms with van der Waals surface area (Å²) in [7, 11) is 0. The average Bonchev–Trinajstić information content (AvgIpc) is 2.55. The summed E-state index contributed by atoms with van der Waals surface area (Å²) in [6, 6.07) is 9.00. The Morgan fingerprint density at radius 1 is 1.53 bits per heavy atom. The molecule has 1 N–H and O–H groups in total. The van der Waals surface area contributed by atoms with Crippen molar-refractivity contribution in [2.45, 2.75) is 18.9 Å². The molecule has 1 fully saturated rings. The predicted molar refractivity (Wildman–Crippen MR) is 65.3 cm³/mol. The first-order chi connectivity index (χ1) is 8.29. The van der Waals surface area contributed by atoms with Crippen molar-refractivity contribution in [1.82, 2.24) is 5.32 Å². The van der Waals surface area contributed by atoms with E-state index in [2.05, 4.69) is 16.3 Å². The van der Waals surface area contributed by atoms with Gasteiger partial charge in [0.05, 0.1) is 12.5 Å². The van der Waals surface area contributed by atoms with E-state index in [1.807, 2.05) is 6.07 Å². The summed E-state index contributed by atoms with van der Waals surface area (Å²) >= 11 is 0.